The molecule has 0 aromatic heterocycles. The van der Waals surface area contributed by atoms with Crippen molar-refractivity contribution in [3.05, 3.63) is 0 Å². The molecule has 5 nitrogen and oxygen atoms in total. The van der Waals surface area contributed by atoms with E-state index in [0.29, 0.717) is 6.54 Å². The van der Waals surface area contributed by atoms with Crippen LogP contribution in [0, 0.1) is 11.8 Å². The fourth-order valence-corrected chi connectivity index (χ4v) is 2.96. The Kier molecular flexibility index (Phi) is 7.41. The maximum Gasteiger partial charge on any atom is 0.317 e. The van der Waals surface area contributed by atoms with Crippen LogP contribution in [0.1, 0.15) is 52.4 Å². The van der Waals surface area contributed by atoms with E-state index in [0.717, 1.165) is 51.6 Å². The van der Waals surface area contributed by atoms with Gasteiger partial charge in [0.25, 0.3) is 0 Å². The first-order valence-electron chi connectivity index (χ1n) is 7.85. The number of urea groups is 1. The standard InChI is InChI=1S/C15H28N2O3/c1-3-9-17(10-4-2)15(20)16-11-12-7-5-6-8-13(12)14(18)19/h12-13H,3-11H2,1-2H3,(H,16,20)(H,18,19). The van der Waals surface area contributed by atoms with Gasteiger partial charge in [-0.1, -0.05) is 26.7 Å². The number of carbonyl (C=O) groups is 2. The Morgan fingerprint density at radius 2 is 1.75 bits per heavy atom. The van der Waals surface area contributed by atoms with Gasteiger partial charge in [-0.15, -0.1) is 0 Å². The van der Waals surface area contributed by atoms with Gasteiger partial charge >= 0.3 is 12.0 Å². The monoisotopic (exact) mass is 284 g/mol. The minimum atomic E-state index is -0.720. The molecule has 2 N–H and O–H groups in total. The van der Waals surface area contributed by atoms with E-state index < -0.39 is 5.97 Å². The van der Waals surface area contributed by atoms with Crippen LogP contribution in [0.5, 0.6) is 0 Å². The predicted octanol–water partition coefficient (Wildman–Crippen LogP) is 2.71. The van der Waals surface area contributed by atoms with Crippen LogP contribution in [0.25, 0.3) is 0 Å². The maximum atomic E-state index is 12.1. The molecule has 0 saturated heterocycles. The fraction of sp³-hybridized carbons (Fsp3) is 0.867. The number of nitrogens with one attached hydrogen (secondary N) is 1. The summed E-state index contributed by atoms with van der Waals surface area (Å²) in [5, 5.41) is 12.2. The molecule has 0 spiro atoms. The second-order valence-electron chi connectivity index (χ2n) is 5.66. The molecule has 0 aliphatic heterocycles. The SMILES string of the molecule is CCCN(CCC)C(=O)NCC1CCCCC1C(=O)O. The van der Waals surface area contributed by atoms with Gasteiger partial charge in [0.15, 0.2) is 0 Å². The number of nitrogens with zero attached hydrogens (tertiary/aromatic N) is 1. The Morgan fingerprint density at radius 1 is 1.15 bits per heavy atom. The highest BCUT2D eigenvalue weighted by atomic mass is 16.4. The number of carbonyl (C=O) groups excluding carboxylic acids is 1. The molecule has 1 rings (SSSR count). The molecule has 2 atom stereocenters. The van der Waals surface area contributed by atoms with Crippen LogP contribution in [0.15, 0.2) is 0 Å². The van der Waals surface area contributed by atoms with Crippen LogP contribution in [0.2, 0.25) is 0 Å². The summed E-state index contributed by atoms with van der Waals surface area (Å²) in [5.74, 6) is -0.937. The molecule has 1 saturated carbocycles. The van der Waals surface area contributed by atoms with Crippen molar-refractivity contribution in [3.8, 4) is 0 Å². The van der Waals surface area contributed by atoms with Crippen LogP contribution in [-0.2, 0) is 4.79 Å². The van der Waals surface area contributed by atoms with E-state index >= 15 is 0 Å². The van der Waals surface area contributed by atoms with Crippen molar-refractivity contribution in [2.24, 2.45) is 11.8 Å². The lowest BCUT2D eigenvalue weighted by molar-refractivity contribution is -0.144. The van der Waals surface area contributed by atoms with Gasteiger partial charge < -0.3 is 15.3 Å². The molecule has 0 radical (unpaired) electrons. The predicted molar refractivity (Wildman–Crippen MR) is 78.6 cm³/mol. The maximum absolute atomic E-state index is 12.1. The van der Waals surface area contributed by atoms with Crippen molar-refractivity contribution in [2.45, 2.75) is 52.4 Å². The third kappa shape index (κ3) is 5.02. The van der Waals surface area contributed by atoms with Gasteiger partial charge in [-0.05, 0) is 31.6 Å². The summed E-state index contributed by atoms with van der Waals surface area (Å²) in [7, 11) is 0. The first-order chi connectivity index (χ1) is 9.60. The number of hydrogen-bond donors (Lipinski definition) is 2. The quantitative estimate of drug-likeness (QED) is 0.755. The van der Waals surface area contributed by atoms with Crippen LogP contribution in [0.4, 0.5) is 4.79 Å². The van der Waals surface area contributed by atoms with E-state index in [1.807, 2.05) is 4.90 Å². The van der Waals surface area contributed by atoms with Gasteiger partial charge in [0.05, 0.1) is 5.92 Å². The molecule has 0 aromatic carbocycles. The van der Waals surface area contributed by atoms with E-state index in [9.17, 15) is 14.7 Å². The number of aliphatic carboxylic acids is 1. The molecule has 1 aliphatic rings. The number of carboxylic acids is 1. The van der Waals surface area contributed by atoms with Crippen LogP contribution in [0.3, 0.4) is 0 Å². The van der Waals surface area contributed by atoms with E-state index in [1.165, 1.54) is 0 Å². The average molecular weight is 284 g/mol. The van der Waals surface area contributed by atoms with Crippen molar-refractivity contribution in [2.75, 3.05) is 19.6 Å². The molecule has 116 valence electrons. The zero-order chi connectivity index (χ0) is 15.0. The summed E-state index contributed by atoms with van der Waals surface area (Å²) in [6.07, 6.45) is 5.57. The van der Waals surface area contributed by atoms with Gasteiger partial charge in [-0.3, -0.25) is 4.79 Å². The third-order valence-corrected chi connectivity index (χ3v) is 4.02. The summed E-state index contributed by atoms with van der Waals surface area (Å²) in [5.41, 5.74) is 0. The second-order valence-corrected chi connectivity index (χ2v) is 5.66. The van der Waals surface area contributed by atoms with Crippen molar-refractivity contribution in [1.82, 2.24) is 10.2 Å². The minimum absolute atomic E-state index is 0.0524. The zero-order valence-corrected chi connectivity index (χ0v) is 12.7. The first kappa shape index (κ1) is 16.8. The lowest BCUT2D eigenvalue weighted by Crippen LogP contribution is -2.44. The van der Waals surface area contributed by atoms with Crippen LogP contribution < -0.4 is 5.32 Å². The van der Waals surface area contributed by atoms with Gasteiger partial charge in [-0.2, -0.15) is 0 Å². The molecule has 0 aromatic rings. The third-order valence-electron chi connectivity index (χ3n) is 4.02. The molecular formula is C15H28N2O3. The molecule has 1 aliphatic carbocycles. The molecule has 2 unspecified atom stereocenters. The summed E-state index contributed by atoms with van der Waals surface area (Å²) in [4.78, 5) is 25.2. The Labute approximate surface area is 121 Å². The van der Waals surface area contributed by atoms with Gasteiger partial charge in [0, 0.05) is 19.6 Å². The fourth-order valence-electron chi connectivity index (χ4n) is 2.96. The molecule has 2 amide bonds. The van der Waals surface area contributed by atoms with Crippen molar-refractivity contribution < 1.29 is 14.7 Å². The van der Waals surface area contributed by atoms with Crippen LogP contribution >= 0.6 is 0 Å². The Bertz CT molecular complexity index is 314. The Balaban J connectivity index is 2.46. The number of carboxylic acid groups (broad SMARTS) is 1. The summed E-state index contributed by atoms with van der Waals surface area (Å²) >= 11 is 0. The smallest absolute Gasteiger partial charge is 0.317 e. The molecule has 0 heterocycles. The summed E-state index contributed by atoms with van der Waals surface area (Å²) in [6.45, 7) is 6.11. The van der Waals surface area contributed by atoms with Gasteiger partial charge in [0.2, 0.25) is 0 Å². The minimum Gasteiger partial charge on any atom is -0.481 e. The number of hydrogen-bond acceptors (Lipinski definition) is 2. The first-order valence-corrected chi connectivity index (χ1v) is 7.85. The molecule has 0 bridgehead atoms. The Morgan fingerprint density at radius 3 is 2.30 bits per heavy atom. The van der Waals surface area contributed by atoms with E-state index in [-0.39, 0.29) is 17.9 Å². The second kappa shape index (κ2) is 8.82. The van der Waals surface area contributed by atoms with Crippen molar-refractivity contribution in [3.63, 3.8) is 0 Å². The average Bonchev–Trinajstić information content (AvgIpc) is 2.44. The highest BCUT2D eigenvalue weighted by Crippen LogP contribution is 2.29. The van der Waals surface area contributed by atoms with E-state index in [2.05, 4.69) is 19.2 Å². The van der Waals surface area contributed by atoms with E-state index in [1.54, 1.807) is 0 Å². The number of amides is 2. The molecular weight excluding hydrogens is 256 g/mol. The Hall–Kier alpha value is -1.26. The van der Waals surface area contributed by atoms with Gasteiger partial charge in [-0.25, -0.2) is 4.79 Å². The van der Waals surface area contributed by atoms with E-state index in [4.69, 9.17) is 0 Å². The van der Waals surface area contributed by atoms with Gasteiger partial charge in [0.1, 0.15) is 0 Å². The van der Waals surface area contributed by atoms with Crippen LogP contribution in [-0.4, -0.2) is 41.6 Å². The normalized spacial score (nSPS) is 22.3. The zero-order valence-electron chi connectivity index (χ0n) is 12.7. The van der Waals surface area contributed by atoms with Crippen molar-refractivity contribution >= 4 is 12.0 Å². The van der Waals surface area contributed by atoms with Crippen molar-refractivity contribution in [1.29, 1.82) is 0 Å². The lowest BCUT2D eigenvalue weighted by Gasteiger charge is -2.30. The lowest BCUT2D eigenvalue weighted by atomic mass is 9.79. The number of rotatable bonds is 7. The topological polar surface area (TPSA) is 69.6 Å². The highest BCUT2D eigenvalue weighted by Gasteiger charge is 2.31. The molecule has 20 heavy (non-hydrogen) atoms. The summed E-state index contributed by atoms with van der Waals surface area (Å²) < 4.78 is 0. The largest absolute Gasteiger partial charge is 0.481 e. The molecule has 1 fully saturated rings. The molecule has 5 heteroatoms. The summed E-state index contributed by atoms with van der Waals surface area (Å²) in [6, 6.07) is -0.0524. The highest BCUT2D eigenvalue weighted by molar-refractivity contribution is 5.74.